The largest absolute Gasteiger partial charge is 0.392 e. The number of aromatic nitrogens is 2. The van der Waals surface area contributed by atoms with Crippen LogP contribution in [0.15, 0.2) is 33.7 Å². The topological polar surface area (TPSA) is 59.2 Å². The van der Waals surface area contributed by atoms with Gasteiger partial charge in [0.2, 0.25) is 5.89 Å². The molecule has 0 radical (unpaired) electrons. The summed E-state index contributed by atoms with van der Waals surface area (Å²) in [6.45, 7) is 3.81. The maximum atomic E-state index is 9.78. The zero-order valence-electron chi connectivity index (χ0n) is 11.4. The van der Waals surface area contributed by atoms with Crippen molar-refractivity contribution in [2.24, 2.45) is 0 Å². The van der Waals surface area contributed by atoms with Gasteiger partial charge in [0.05, 0.1) is 17.8 Å². The van der Waals surface area contributed by atoms with Crippen molar-refractivity contribution in [2.75, 3.05) is 0 Å². The van der Waals surface area contributed by atoms with E-state index >= 15 is 0 Å². The minimum Gasteiger partial charge on any atom is -0.392 e. The lowest BCUT2D eigenvalue weighted by atomic mass is 10.0. The number of halogens is 1. The SMILES string of the molecule is CCC(O)C(C)c1nc(CSc2ccc(Cl)cc2)no1. The van der Waals surface area contributed by atoms with Crippen LogP contribution in [0.2, 0.25) is 5.02 Å². The molecule has 20 heavy (non-hydrogen) atoms. The van der Waals surface area contributed by atoms with Gasteiger partial charge in [-0.15, -0.1) is 11.8 Å². The Morgan fingerprint density at radius 1 is 1.35 bits per heavy atom. The zero-order chi connectivity index (χ0) is 14.5. The molecule has 1 aromatic carbocycles. The van der Waals surface area contributed by atoms with E-state index in [1.807, 2.05) is 38.1 Å². The second-order valence-electron chi connectivity index (χ2n) is 4.56. The molecule has 6 heteroatoms. The average molecular weight is 313 g/mol. The molecular formula is C14H17ClN2O2S. The zero-order valence-corrected chi connectivity index (χ0v) is 13.0. The Balaban J connectivity index is 1.94. The molecule has 0 fully saturated rings. The van der Waals surface area contributed by atoms with Gasteiger partial charge in [0.15, 0.2) is 5.82 Å². The van der Waals surface area contributed by atoms with Crippen molar-refractivity contribution in [3.8, 4) is 0 Å². The molecule has 2 atom stereocenters. The normalized spacial score (nSPS) is 14.2. The van der Waals surface area contributed by atoms with E-state index in [4.69, 9.17) is 16.1 Å². The molecule has 2 aromatic rings. The highest BCUT2D eigenvalue weighted by Gasteiger charge is 2.20. The van der Waals surface area contributed by atoms with Crippen LogP contribution < -0.4 is 0 Å². The van der Waals surface area contributed by atoms with Gasteiger partial charge in [-0.05, 0) is 30.7 Å². The highest BCUT2D eigenvalue weighted by atomic mass is 35.5. The van der Waals surface area contributed by atoms with E-state index in [1.54, 1.807) is 11.8 Å². The Hall–Kier alpha value is -1.04. The van der Waals surface area contributed by atoms with Gasteiger partial charge in [-0.2, -0.15) is 4.98 Å². The summed E-state index contributed by atoms with van der Waals surface area (Å²) in [6.07, 6.45) is 0.213. The smallest absolute Gasteiger partial charge is 0.232 e. The van der Waals surface area contributed by atoms with Gasteiger partial charge in [-0.25, -0.2) is 0 Å². The van der Waals surface area contributed by atoms with Gasteiger partial charge < -0.3 is 9.63 Å². The van der Waals surface area contributed by atoms with Crippen molar-refractivity contribution < 1.29 is 9.63 Å². The highest BCUT2D eigenvalue weighted by molar-refractivity contribution is 7.98. The van der Waals surface area contributed by atoms with Crippen LogP contribution in [0.1, 0.15) is 37.9 Å². The van der Waals surface area contributed by atoms with E-state index < -0.39 is 6.10 Å². The van der Waals surface area contributed by atoms with Gasteiger partial charge in [0, 0.05) is 9.92 Å². The number of hydrogen-bond acceptors (Lipinski definition) is 5. The Labute approximate surface area is 127 Å². The third-order valence-corrected chi connectivity index (χ3v) is 4.31. The fourth-order valence-electron chi connectivity index (χ4n) is 1.71. The molecule has 1 N–H and O–H groups in total. The van der Waals surface area contributed by atoms with Gasteiger partial charge in [0.25, 0.3) is 0 Å². The first-order valence-corrected chi connectivity index (χ1v) is 7.85. The molecule has 1 heterocycles. The van der Waals surface area contributed by atoms with Crippen LogP contribution in [0.5, 0.6) is 0 Å². The summed E-state index contributed by atoms with van der Waals surface area (Å²) < 4.78 is 5.20. The molecule has 0 aliphatic rings. The highest BCUT2D eigenvalue weighted by Crippen LogP contribution is 2.25. The minimum atomic E-state index is -0.452. The summed E-state index contributed by atoms with van der Waals surface area (Å²) in [7, 11) is 0. The molecule has 1 aromatic heterocycles. The van der Waals surface area contributed by atoms with Crippen LogP contribution in [0.3, 0.4) is 0 Å². The molecular weight excluding hydrogens is 296 g/mol. The lowest BCUT2D eigenvalue weighted by molar-refractivity contribution is 0.129. The minimum absolute atomic E-state index is 0.137. The van der Waals surface area contributed by atoms with Crippen LogP contribution in [0.4, 0.5) is 0 Å². The second-order valence-corrected chi connectivity index (χ2v) is 6.04. The van der Waals surface area contributed by atoms with Crippen LogP contribution >= 0.6 is 23.4 Å². The van der Waals surface area contributed by atoms with Crippen LogP contribution in [0.25, 0.3) is 0 Å². The summed E-state index contributed by atoms with van der Waals surface area (Å²) in [4.78, 5) is 5.43. The molecule has 0 spiro atoms. The molecule has 108 valence electrons. The van der Waals surface area contributed by atoms with Gasteiger partial charge in [-0.3, -0.25) is 0 Å². The monoisotopic (exact) mass is 312 g/mol. The molecule has 0 aliphatic carbocycles. The first-order valence-electron chi connectivity index (χ1n) is 6.49. The Bertz CT molecular complexity index is 544. The Morgan fingerprint density at radius 3 is 2.70 bits per heavy atom. The lowest BCUT2D eigenvalue weighted by Gasteiger charge is -2.11. The molecule has 2 rings (SSSR count). The van der Waals surface area contributed by atoms with Gasteiger partial charge >= 0.3 is 0 Å². The number of benzene rings is 1. The lowest BCUT2D eigenvalue weighted by Crippen LogP contribution is -2.14. The summed E-state index contributed by atoms with van der Waals surface area (Å²) in [5.41, 5.74) is 0. The van der Waals surface area contributed by atoms with E-state index in [0.717, 1.165) is 9.92 Å². The van der Waals surface area contributed by atoms with Crippen molar-refractivity contribution in [1.82, 2.24) is 10.1 Å². The van der Waals surface area contributed by atoms with Crippen LogP contribution in [0, 0.1) is 0 Å². The molecule has 0 saturated heterocycles. The Morgan fingerprint density at radius 2 is 2.05 bits per heavy atom. The predicted molar refractivity (Wildman–Crippen MR) is 80.0 cm³/mol. The summed E-state index contributed by atoms with van der Waals surface area (Å²) in [5, 5.41) is 14.4. The van der Waals surface area contributed by atoms with Crippen molar-refractivity contribution in [1.29, 1.82) is 0 Å². The maximum Gasteiger partial charge on any atom is 0.232 e. The average Bonchev–Trinajstić information content (AvgIpc) is 2.94. The fraction of sp³-hybridized carbons (Fsp3) is 0.429. The summed E-state index contributed by atoms with van der Waals surface area (Å²) in [6, 6.07) is 7.62. The second kappa shape index (κ2) is 7.11. The Kier molecular flexibility index (Phi) is 5.46. The number of rotatable bonds is 6. The van der Waals surface area contributed by atoms with Crippen molar-refractivity contribution in [3.05, 3.63) is 41.0 Å². The molecule has 0 aliphatic heterocycles. The molecule has 0 saturated carbocycles. The van der Waals surface area contributed by atoms with Crippen molar-refractivity contribution >= 4 is 23.4 Å². The predicted octanol–water partition coefficient (Wildman–Crippen LogP) is 3.89. The first kappa shape index (κ1) is 15.4. The number of aliphatic hydroxyl groups excluding tert-OH is 1. The summed E-state index contributed by atoms with van der Waals surface area (Å²) >= 11 is 7.45. The van der Waals surface area contributed by atoms with Gasteiger partial charge in [-0.1, -0.05) is 30.6 Å². The van der Waals surface area contributed by atoms with E-state index in [2.05, 4.69) is 10.1 Å². The molecule has 4 nitrogen and oxygen atoms in total. The standard InChI is InChI=1S/C14H17ClN2O2S/c1-3-12(18)9(2)14-16-13(17-19-14)8-20-11-6-4-10(15)5-7-11/h4-7,9,12,18H,3,8H2,1-2H3. The third-order valence-electron chi connectivity index (χ3n) is 3.05. The van der Waals surface area contributed by atoms with E-state index in [1.165, 1.54) is 0 Å². The van der Waals surface area contributed by atoms with Crippen molar-refractivity contribution in [2.45, 2.75) is 42.9 Å². The number of hydrogen-bond donors (Lipinski definition) is 1. The van der Waals surface area contributed by atoms with Crippen molar-refractivity contribution in [3.63, 3.8) is 0 Å². The molecule has 0 bridgehead atoms. The fourth-order valence-corrected chi connectivity index (χ4v) is 2.58. The number of aliphatic hydroxyl groups is 1. The first-order chi connectivity index (χ1) is 9.60. The third kappa shape index (κ3) is 3.98. The quantitative estimate of drug-likeness (QED) is 0.820. The molecule has 0 amide bonds. The van der Waals surface area contributed by atoms with E-state index in [0.29, 0.717) is 23.9 Å². The maximum absolute atomic E-state index is 9.78. The number of nitrogens with zero attached hydrogens (tertiary/aromatic N) is 2. The number of thioether (sulfide) groups is 1. The van der Waals surface area contributed by atoms with Gasteiger partial charge in [0.1, 0.15) is 0 Å². The van der Waals surface area contributed by atoms with E-state index in [9.17, 15) is 5.11 Å². The van der Waals surface area contributed by atoms with E-state index in [-0.39, 0.29) is 5.92 Å². The molecule has 2 unspecified atom stereocenters. The van der Waals surface area contributed by atoms with Crippen LogP contribution in [-0.2, 0) is 5.75 Å². The summed E-state index contributed by atoms with van der Waals surface area (Å²) in [5.74, 6) is 1.61. The van der Waals surface area contributed by atoms with Crippen LogP contribution in [-0.4, -0.2) is 21.4 Å².